The van der Waals surface area contributed by atoms with Crippen LogP contribution in [0.5, 0.6) is 5.75 Å². The van der Waals surface area contributed by atoms with E-state index in [2.05, 4.69) is 5.48 Å². The Labute approximate surface area is 182 Å². The molecule has 0 heterocycles. The van der Waals surface area contributed by atoms with Crippen molar-refractivity contribution < 1.29 is 28.7 Å². The van der Waals surface area contributed by atoms with Crippen LogP contribution in [-0.2, 0) is 25.6 Å². The van der Waals surface area contributed by atoms with Crippen LogP contribution < -0.4 is 10.2 Å². The highest BCUT2D eigenvalue weighted by atomic mass is 127. The van der Waals surface area contributed by atoms with Crippen LogP contribution in [0.2, 0.25) is 0 Å². The normalized spacial score (nSPS) is 12.7. The molecule has 0 radical (unpaired) electrons. The number of aldehydes is 1. The fourth-order valence-electron chi connectivity index (χ4n) is 2.35. The van der Waals surface area contributed by atoms with Gasteiger partial charge in [-0.1, -0.05) is 44.2 Å². The highest BCUT2D eigenvalue weighted by Crippen LogP contribution is 2.23. The number of ether oxygens (including phenoxy) is 2. The number of alkyl halides is 1. The number of hydrogen-bond acceptors (Lipinski definition) is 7. The quantitative estimate of drug-likeness (QED) is 0.131. The van der Waals surface area contributed by atoms with Gasteiger partial charge < -0.3 is 14.3 Å². The molecule has 0 aliphatic carbocycles. The Morgan fingerprint density at radius 3 is 2.31 bits per heavy atom. The smallest absolute Gasteiger partial charge is 0.356 e. The minimum Gasteiger partial charge on any atom is -0.462 e. The Hall–Kier alpha value is -2.46. The zero-order valence-corrected chi connectivity index (χ0v) is 18.3. The molecule has 2 rings (SSSR count). The van der Waals surface area contributed by atoms with Crippen LogP contribution in [0.4, 0.5) is 0 Å². The van der Waals surface area contributed by atoms with Gasteiger partial charge in [-0.25, -0.2) is 4.79 Å². The summed E-state index contributed by atoms with van der Waals surface area (Å²) in [6.07, 6.45) is 0.695. The average molecular weight is 511 g/mol. The molecule has 0 saturated carbocycles. The first-order valence-corrected chi connectivity index (χ1v) is 10.4. The van der Waals surface area contributed by atoms with E-state index < -0.39 is 11.7 Å². The third-order valence-corrected chi connectivity index (χ3v) is 4.43. The van der Waals surface area contributed by atoms with Crippen LogP contribution in [0, 0.1) is 5.92 Å². The van der Waals surface area contributed by atoms with Crippen LogP contribution >= 0.6 is 22.6 Å². The average Bonchev–Trinajstić information content (AvgIpc) is 2.72. The van der Waals surface area contributed by atoms with Crippen molar-refractivity contribution in [1.29, 1.82) is 0 Å². The minimum absolute atomic E-state index is 0.138. The number of halogens is 1. The zero-order valence-electron chi connectivity index (χ0n) is 16.1. The molecule has 0 aliphatic heterocycles. The maximum absolute atomic E-state index is 12.2. The summed E-state index contributed by atoms with van der Waals surface area (Å²) in [6, 6.07) is 15.1. The molecule has 1 atom stereocenters. The summed E-state index contributed by atoms with van der Waals surface area (Å²) in [5, 5.41) is 0. The van der Waals surface area contributed by atoms with E-state index in [4.69, 9.17) is 14.3 Å². The van der Waals surface area contributed by atoms with Gasteiger partial charge >= 0.3 is 11.9 Å². The summed E-state index contributed by atoms with van der Waals surface area (Å²) >= 11 is 1.95. The predicted octanol–water partition coefficient (Wildman–Crippen LogP) is 3.46. The monoisotopic (exact) mass is 511 g/mol. The summed E-state index contributed by atoms with van der Waals surface area (Å²) in [4.78, 5) is 40.7. The van der Waals surface area contributed by atoms with E-state index in [1.165, 1.54) is 0 Å². The lowest BCUT2D eigenvalue weighted by Gasteiger charge is -2.32. The molecule has 0 amide bonds. The molecule has 2 aromatic carbocycles. The molecular weight excluding hydrogens is 489 g/mol. The van der Waals surface area contributed by atoms with Crippen molar-refractivity contribution in [1.82, 2.24) is 5.48 Å². The van der Waals surface area contributed by atoms with Gasteiger partial charge in [-0.05, 0) is 52.4 Å². The minimum atomic E-state index is -1.58. The van der Waals surface area contributed by atoms with Crippen molar-refractivity contribution in [2.45, 2.75) is 26.0 Å². The van der Waals surface area contributed by atoms with Crippen molar-refractivity contribution >= 4 is 40.8 Å². The summed E-state index contributed by atoms with van der Waals surface area (Å²) in [7, 11) is 0. The number of hydrogen-bond donors (Lipinski definition) is 1. The number of rotatable bonds is 10. The number of benzene rings is 2. The Kier molecular flexibility index (Phi) is 8.59. The highest BCUT2D eigenvalue weighted by molar-refractivity contribution is 14.1. The summed E-state index contributed by atoms with van der Waals surface area (Å²) in [5.41, 5.74) is 1.99. The molecular formula is C21H22INO6. The zero-order chi connectivity index (χ0) is 21.3. The molecule has 0 bridgehead atoms. The predicted molar refractivity (Wildman–Crippen MR) is 114 cm³/mol. The Morgan fingerprint density at radius 1 is 1.10 bits per heavy atom. The van der Waals surface area contributed by atoms with E-state index in [1.807, 2.05) is 22.6 Å². The van der Waals surface area contributed by atoms with Crippen molar-refractivity contribution in [2.24, 2.45) is 5.92 Å². The number of hydroxylamine groups is 1. The third-order valence-electron chi connectivity index (χ3n) is 4.12. The highest BCUT2D eigenvalue weighted by Gasteiger charge is 2.38. The second-order valence-electron chi connectivity index (χ2n) is 6.47. The first kappa shape index (κ1) is 22.8. The van der Waals surface area contributed by atoms with Crippen molar-refractivity contribution in [3.05, 3.63) is 65.7 Å². The molecule has 2 aromatic rings. The molecule has 8 heteroatoms. The fourth-order valence-corrected chi connectivity index (χ4v) is 2.70. The SMILES string of the molecule is CC(C)C(C=O)(NOC(=O)c1ccccc1)Oc1ccc(CC(=O)OCI)cc1. The third kappa shape index (κ3) is 6.53. The lowest BCUT2D eigenvalue weighted by Crippen LogP contribution is -2.56. The van der Waals surface area contributed by atoms with Gasteiger partial charge in [0, 0.05) is 5.92 Å². The number of carbonyl (C=O) groups excluding carboxylic acids is 3. The Morgan fingerprint density at radius 2 is 1.76 bits per heavy atom. The van der Waals surface area contributed by atoms with E-state index in [0.717, 1.165) is 5.56 Å². The first-order chi connectivity index (χ1) is 13.9. The van der Waals surface area contributed by atoms with Gasteiger partial charge in [-0.15, -0.1) is 5.48 Å². The largest absolute Gasteiger partial charge is 0.462 e. The molecule has 154 valence electrons. The maximum atomic E-state index is 12.2. The van der Waals surface area contributed by atoms with Crippen LogP contribution in [0.25, 0.3) is 0 Å². The van der Waals surface area contributed by atoms with E-state index in [1.54, 1.807) is 68.4 Å². The van der Waals surface area contributed by atoms with Crippen LogP contribution in [0.3, 0.4) is 0 Å². The van der Waals surface area contributed by atoms with Gasteiger partial charge in [0.1, 0.15) is 10.4 Å². The van der Waals surface area contributed by atoms with Gasteiger partial charge in [-0.3, -0.25) is 9.59 Å². The van der Waals surface area contributed by atoms with Crippen LogP contribution in [0.1, 0.15) is 29.8 Å². The number of nitrogens with one attached hydrogen (secondary N) is 1. The van der Waals surface area contributed by atoms with Crippen molar-refractivity contribution in [3.63, 3.8) is 0 Å². The molecule has 29 heavy (non-hydrogen) atoms. The van der Waals surface area contributed by atoms with Crippen LogP contribution in [-0.4, -0.2) is 28.6 Å². The summed E-state index contributed by atoms with van der Waals surface area (Å²) in [6.45, 7) is 3.51. The standard InChI is InChI=1S/C21H22INO6/c1-15(2)21(13-24,23-29-20(26)17-6-4-3-5-7-17)28-18-10-8-16(9-11-18)12-19(25)27-14-22/h3-11,13,15,23H,12,14H2,1-2H3. The van der Waals surface area contributed by atoms with E-state index in [-0.39, 0.29) is 18.3 Å². The van der Waals surface area contributed by atoms with Gasteiger partial charge in [0.2, 0.25) is 5.72 Å². The van der Waals surface area contributed by atoms with Crippen molar-refractivity contribution in [3.8, 4) is 5.75 Å². The topological polar surface area (TPSA) is 90.9 Å². The van der Waals surface area contributed by atoms with Gasteiger partial charge in [0.05, 0.1) is 12.0 Å². The van der Waals surface area contributed by atoms with Gasteiger partial charge in [0.15, 0.2) is 6.29 Å². The molecule has 0 saturated heterocycles. The van der Waals surface area contributed by atoms with Gasteiger partial charge in [0.25, 0.3) is 0 Å². The van der Waals surface area contributed by atoms with Crippen molar-refractivity contribution in [2.75, 3.05) is 4.61 Å². The second-order valence-corrected chi connectivity index (χ2v) is 7.09. The molecule has 0 aromatic heterocycles. The lowest BCUT2D eigenvalue weighted by molar-refractivity contribution is -0.145. The number of carbonyl (C=O) groups is 3. The molecule has 1 unspecified atom stereocenters. The van der Waals surface area contributed by atoms with E-state index in [0.29, 0.717) is 22.2 Å². The second kappa shape index (κ2) is 10.9. The van der Waals surface area contributed by atoms with E-state index >= 15 is 0 Å². The summed E-state index contributed by atoms with van der Waals surface area (Å²) in [5.74, 6) is -0.945. The van der Waals surface area contributed by atoms with Gasteiger partial charge in [-0.2, -0.15) is 0 Å². The number of esters is 1. The Balaban J connectivity index is 2.08. The van der Waals surface area contributed by atoms with Crippen LogP contribution in [0.15, 0.2) is 54.6 Å². The molecule has 0 fully saturated rings. The lowest BCUT2D eigenvalue weighted by atomic mass is 10.0. The molecule has 0 spiro atoms. The molecule has 1 N–H and O–H groups in total. The fraction of sp³-hybridized carbons (Fsp3) is 0.286. The first-order valence-electron chi connectivity index (χ1n) is 8.89. The maximum Gasteiger partial charge on any atom is 0.356 e. The Bertz CT molecular complexity index is 825. The molecule has 7 nitrogen and oxygen atoms in total. The molecule has 0 aliphatic rings. The summed E-state index contributed by atoms with van der Waals surface area (Å²) < 4.78 is 11.0. The van der Waals surface area contributed by atoms with E-state index in [9.17, 15) is 14.4 Å².